The molecule has 0 radical (unpaired) electrons. The summed E-state index contributed by atoms with van der Waals surface area (Å²) in [7, 11) is 0. The number of amides is 3. The molecular weight excluding hydrogens is 302 g/mol. The highest BCUT2D eigenvalue weighted by molar-refractivity contribution is 5.94. The van der Waals surface area contributed by atoms with E-state index in [0.29, 0.717) is 12.1 Å². The Balaban J connectivity index is 2.08. The van der Waals surface area contributed by atoms with Crippen molar-refractivity contribution in [1.29, 1.82) is 0 Å². The third kappa shape index (κ3) is 4.98. The quantitative estimate of drug-likeness (QED) is 0.890. The number of hydrogen-bond acceptors (Lipinski definition) is 2. The molecule has 0 unspecified atom stereocenters. The molecule has 24 heavy (non-hydrogen) atoms. The van der Waals surface area contributed by atoms with Crippen LogP contribution in [0.1, 0.15) is 62.4 Å². The van der Waals surface area contributed by atoms with Gasteiger partial charge in [0.05, 0.1) is 0 Å². The van der Waals surface area contributed by atoms with Crippen molar-refractivity contribution >= 4 is 11.9 Å². The fraction of sp³-hybridized carbons (Fsp3) is 0.579. The van der Waals surface area contributed by atoms with Crippen LogP contribution in [0, 0.1) is 0 Å². The van der Waals surface area contributed by atoms with Gasteiger partial charge in [0.25, 0.3) is 5.91 Å². The molecule has 0 aromatic heterocycles. The molecule has 1 aromatic carbocycles. The van der Waals surface area contributed by atoms with Crippen molar-refractivity contribution < 1.29 is 9.59 Å². The van der Waals surface area contributed by atoms with Gasteiger partial charge in [-0.25, -0.2) is 4.79 Å². The van der Waals surface area contributed by atoms with Crippen LogP contribution >= 0.6 is 0 Å². The minimum Gasteiger partial charge on any atom is -0.350 e. The summed E-state index contributed by atoms with van der Waals surface area (Å²) in [6, 6.07) is 8.05. The van der Waals surface area contributed by atoms with Crippen LogP contribution in [0.4, 0.5) is 4.79 Å². The molecule has 1 heterocycles. The van der Waals surface area contributed by atoms with E-state index in [1.165, 1.54) is 0 Å². The van der Waals surface area contributed by atoms with E-state index in [2.05, 4.69) is 16.7 Å². The van der Waals surface area contributed by atoms with E-state index in [9.17, 15) is 9.59 Å². The monoisotopic (exact) mass is 331 g/mol. The molecule has 1 aliphatic heterocycles. The number of rotatable bonds is 4. The van der Waals surface area contributed by atoms with Gasteiger partial charge in [-0.1, -0.05) is 12.1 Å². The van der Waals surface area contributed by atoms with Gasteiger partial charge in [-0.2, -0.15) is 0 Å². The van der Waals surface area contributed by atoms with Crippen molar-refractivity contribution in [2.24, 2.45) is 0 Å². The Bertz CT molecular complexity index is 584. The Morgan fingerprint density at radius 2 is 1.83 bits per heavy atom. The lowest BCUT2D eigenvalue weighted by molar-refractivity contribution is 0.0943. The highest BCUT2D eigenvalue weighted by Gasteiger charge is 2.25. The van der Waals surface area contributed by atoms with Crippen molar-refractivity contribution in [2.45, 2.75) is 58.5 Å². The summed E-state index contributed by atoms with van der Waals surface area (Å²) in [6.07, 6.45) is 2.03. The van der Waals surface area contributed by atoms with Crippen molar-refractivity contribution in [2.75, 3.05) is 13.1 Å². The van der Waals surface area contributed by atoms with Crippen LogP contribution < -0.4 is 10.6 Å². The van der Waals surface area contributed by atoms with Gasteiger partial charge in [0.2, 0.25) is 0 Å². The van der Waals surface area contributed by atoms with Crippen molar-refractivity contribution in [3.8, 4) is 0 Å². The third-order valence-corrected chi connectivity index (χ3v) is 4.16. The van der Waals surface area contributed by atoms with E-state index in [-0.39, 0.29) is 29.9 Å². The van der Waals surface area contributed by atoms with E-state index in [4.69, 9.17) is 0 Å². The first-order valence-corrected chi connectivity index (χ1v) is 8.83. The molecular formula is C19H29N3O2. The number of urea groups is 1. The molecule has 0 spiro atoms. The molecule has 2 rings (SSSR count). The van der Waals surface area contributed by atoms with Crippen LogP contribution in [0.25, 0.3) is 0 Å². The summed E-state index contributed by atoms with van der Waals surface area (Å²) in [5.41, 5.74) is 1.82. The molecule has 0 saturated carbocycles. The largest absolute Gasteiger partial charge is 0.350 e. The van der Waals surface area contributed by atoms with E-state index in [1.54, 1.807) is 0 Å². The van der Waals surface area contributed by atoms with Crippen LogP contribution in [0.3, 0.4) is 0 Å². The first kappa shape index (κ1) is 18.3. The normalized spacial score (nSPS) is 17.9. The van der Waals surface area contributed by atoms with E-state index < -0.39 is 0 Å². The van der Waals surface area contributed by atoms with Crippen LogP contribution in [-0.2, 0) is 0 Å². The fourth-order valence-electron chi connectivity index (χ4n) is 3.05. The number of carbonyl (C=O) groups excluding carboxylic acids is 2. The first-order chi connectivity index (χ1) is 11.4. The number of hydrogen-bond donors (Lipinski definition) is 2. The number of benzene rings is 1. The smallest absolute Gasteiger partial charge is 0.317 e. The predicted molar refractivity (Wildman–Crippen MR) is 96.3 cm³/mol. The van der Waals surface area contributed by atoms with E-state index in [1.807, 2.05) is 50.8 Å². The Hall–Kier alpha value is -2.04. The average Bonchev–Trinajstić information content (AvgIpc) is 2.54. The minimum atomic E-state index is -0.0444. The molecule has 1 fully saturated rings. The van der Waals surface area contributed by atoms with Crippen LogP contribution in [0.15, 0.2) is 24.3 Å². The molecule has 5 nitrogen and oxygen atoms in total. The van der Waals surface area contributed by atoms with Gasteiger partial charge in [-0.3, -0.25) is 4.79 Å². The molecule has 0 bridgehead atoms. The Morgan fingerprint density at radius 1 is 1.12 bits per heavy atom. The maximum Gasteiger partial charge on any atom is 0.317 e. The van der Waals surface area contributed by atoms with Crippen LogP contribution in [-0.4, -0.2) is 42.0 Å². The molecule has 5 heteroatoms. The first-order valence-electron chi connectivity index (χ1n) is 8.83. The van der Waals surface area contributed by atoms with Gasteiger partial charge in [-0.05, 0) is 58.2 Å². The van der Waals surface area contributed by atoms with Crippen molar-refractivity contribution in [3.05, 3.63) is 35.4 Å². The highest BCUT2D eigenvalue weighted by Crippen LogP contribution is 2.27. The number of piperidine rings is 1. The van der Waals surface area contributed by atoms with Crippen molar-refractivity contribution in [1.82, 2.24) is 15.5 Å². The van der Waals surface area contributed by atoms with Gasteiger partial charge in [0.1, 0.15) is 0 Å². The Labute approximate surface area is 144 Å². The zero-order valence-electron chi connectivity index (χ0n) is 15.1. The summed E-state index contributed by atoms with van der Waals surface area (Å²) in [4.78, 5) is 26.3. The number of nitrogens with one attached hydrogen (secondary N) is 2. The third-order valence-electron chi connectivity index (χ3n) is 4.16. The van der Waals surface area contributed by atoms with Gasteiger partial charge in [0, 0.05) is 36.7 Å². The summed E-state index contributed by atoms with van der Waals surface area (Å²) < 4.78 is 0. The van der Waals surface area contributed by atoms with Gasteiger partial charge < -0.3 is 15.5 Å². The fourth-order valence-corrected chi connectivity index (χ4v) is 3.05. The SMILES string of the molecule is CC(C)NC(=O)c1cccc([C@H]2CCCN(C(=O)NC(C)C)C2)c1. The number of carbonyl (C=O) groups is 2. The molecule has 1 aromatic rings. The summed E-state index contributed by atoms with van der Waals surface area (Å²) in [6.45, 7) is 9.34. The van der Waals surface area contributed by atoms with Gasteiger partial charge >= 0.3 is 6.03 Å². The maximum absolute atomic E-state index is 12.2. The van der Waals surface area contributed by atoms with Gasteiger partial charge in [-0.15, -0.1) is 0 Å². The molecule has 3 amide bonds. The molecule has 1 aliphatic rings. The second-order valence-electron chi connectivity index (χ2n) is 7.14. The Morgan fingerprint density at radius 3 is 2.50 bits per heavy atom. The van der Waals surface area contributed by atoms with E-state index >= 15 is 0 Å². The molecule has 1 atom stereocenters. The second-order valence-corrected chi connectivity index (χ2v) is 7.14. The number of likely N-dealkylation sites (tertiary alicyclic amines) is 1. The average molecular weight is 331 g/mol. The lowest BCUT2D eigenvalue weighted by Crippen LogP contribution is -2.47. The zero-order valence-corrected chi connectivity index (χ0v) is 15.1. The zero-order chi connectivity index (χ0) is 17.7. The lowest BCUT2D eigenvalue weighted by atomic mass is 9.89. The summed E-state index contributed by atoms with van der Waals surface area (Å²) in [5.74, 6) is 0.237. The standard InChI is InChI=1S/C19H29N3O2/c1-13(2)20-18(23)16-8-5-7-15(11-16)17-9-6-10-22(12-17)19(24)21-14(3)4/h5,7-8,11,13-14,17H,6,9-10,12H2,1-4H3,(H,20,23)(H,21,24)/t17-/m0/s1. The maximum atomic E-state index is 12.2. The Kier molecular flexibility index (Phi) is 6.23. The summed E-state index contributed by atoms with van der Waals surface area (Å²) in [5, 5.41) is 5.88. The molecule has 1 saturated heterocycles. The minimum absolute atomic E-state index is 0.00315. The lowest BCUT2D eigenvalue weighted by Gasteiger charge is -2.33. The second kappa shape index (κ2) is 8.18. The van der Waals surface area contributed by atoms with Crippen LogP contribution in [0.5, 0.6) is 0 Å². The molecule has 2 N–H and O–H groups in total. The molecule has 0 aliphatic carbocycles. The predicted octanol–water partition coefficient (Wildman–Crippen LogP) is 3.12. The van der Waals surface area contributed by atoms with Gasteiger partial charge in [0.15, 0.2) is 0 Å². The number of nitrogens with zero attached hydrogens (tertiary/aromatic N) is 1. The topological polar surface area (TPSA) is 61.4 Å². The van der Waals surface area contributed by atoms with Crippen LogP contribution in [0.2, 0.25) is 0 Å². The summed E-state index contributed by atoms with van der Waals surface area (Å²) >= 11 is 0. The van der Waals surface area contributed by atoms with E-state index in [0.717, 1.165) is 24.9 Å². The highest BCUT2D eigenvalue weighted by atomic mass is 16.2. The molecule has 132 valence electrons. The van der Waals surface area contributed by atoms with Crippen molar-refractivity contribution in [3.63, 3.8) is 0 Å².